The molecule has 1 aromatic carbocycles. The van der Waals surface area contributed by atoms with E-state index in [1.807, 2.05) is 31.2 Å². The number of likely N-dealkylation sites (tertiary alicyclic amines) is 1. The van der Waals surface area contributed by atoms with Crippen LogP contribution in [0.4, 0.5) is 0 Å². The number of hydrogen-bond acceptors (Lipinski definition) is 3. The van der Waals surface area contributed by atoms with E-state index in [0.29, 0.717) is 0 Å². The zero-order valence-corrected chi connectivity index (χ0v) is 11.9. The molecule has 2 unspecified atom stereocenters. The number of carboxylic acids is 1. The van der Waals surface area contributed by atoms with Crippen molar-refractivity contribution >= 4 is 11.9 Å². The fourth-order valence-electron chi connectivity index (χ4n) is 2.51. The zero-order chi connectivity index (χ0) is 14.9. The zero-order valence-electron chi connectivity index (χ0n) is 11.9. The molecule has 1 aliphatic heterocycles. The van der Waals surface area contributed by atoms with Gasteiger partial charge in [0.25, 0.3) is 0 Å². The smallest absolute Gasteiger partial charge is 0.311 e. The number of carbonyl (C=O) groups excluding carboxylic acids is 1. The summed E-state index contributed by atoms with van der Waals surface area (Å²) in [6.45, 7) is 3.77. The number of methoxy groups -OCH3 is 1. The van der Waals surface area contributed by atoms with Gasteiger partial charge in [-0.05, 0) is 31.5 Å². The Bertz CT molecular complexity index is 525. The average molecular weight is 277 g/mol. The maximum Gasteiger partial charge on any atom is 0.311 e. The summed E-state index contributed by atoms with van der Waals surface area (Å²) in [5.74, 6) is -0.280. The van der Waals surface area contributed by atoms with Crippen LogP contribution in [0, 0.1) is 5.41 Å². The predicted molar refractivity (Wildman–Crippen MR) is 73.5 cm³/mol. The highest BCUT2D eigenvalue weighted by molar-refractivity contribution is 5.89. The van der Waals surface area contributed by atoms with Crippen molar-refractivity contribution in [3.8, 4) is 5.75 Å². The van der Waals surface area contributed by atoms with Crippen LogP contribution in [0.5, 0.6) is 5.75 Å². The lowest BCUT2D eigenvalue weighted by molar-refractivity contribution is -0.147. The first-order valence-corrected chi connectivity index (χ1v) is 6.54. The second-order valence-electron chi connectivity index (χ2n) is 5.51. The largest absolute Gasteiger partial charge is 0.497 e. The van der Waals surface area contributed by atoms with Crippen molar-refractivity contribution in [2.75, 3.05) is 13.7 Å². The molecule has 20 heavy (non-hydrogen) atoms. The number of benzene rings is 1. The summed E-state index contributed by atoms with van der Waals surface area (Å²) < 4.78 is 5.10. The van der Waals surface area contributed by atoms with Crippen LogP contribution < -0.4 is 4.74 Å². The Morgan fingerprint density at radius 2 is 2.00 bits per heavy atom. The minimum Gasteiger partial charge on any atom is -0.497 e. The molecule has 1 saturated heterocycles. The summed E-state index contributed by atoms with van der Waals surface area (Å²) in [5, 5.41) is 9.23. The van der Waals surface area contributed by atoms with Gasteiger partial charge >= 0.3 is 5.97 Å². The van der Waals surface area contributed by atoms with Crippen LogP contribution in [0.1, 0.15) is 31.9 Å². The number of hydrogen-bond donors (Lipinski definition) is 1. The molecule has 0 spiro atoms. The van der Waals surface area contributed by atoms with Crippen LogP contribution in [0.2, 0.25) is 0 Å². The molecule has 1 N–H and O–H groups in total. The number of carbonyl (C=O) groups is 2. The number of rotatable bonds is 4. The molecule has 5 nitrogen and oxygen atoms in total. The topological polar surface area (TPSA) is 66.8 Å². The molecule has 0 aromatic heterocycles. The van der Waals surface area contributed by atoms with Crippen LogP contribution >= 0.6 is 0 Å². The Balaban J connectivity index is 2.18. The van der Waals surface area contributed by atoms with Gasteiger partial charge in [-0.3, -0.25) is 9.59 Å². The van der Waals surface area contributed by atoms with Gasteiger partial charge in [-0.15, -0.1) is 0 Å². The number of aliphatic carboxylic acids is 1. The quantitative estimate of drug-likeness (QED) is 0.915. The van der Waals surface area contributed by atoms with Crippen LogP contribution in [0.15, 0.2) is 24.3 Å². The lowest BCUT2D eigenvalue weighted by Crippen LogP contribution is -2.33. The third-order valence-electron chi connectivity index (χ3n) is 3.96. The van der Waals surface area contributed by atoms with Gasteiger partial charge in [-0.25, -0.2) is 0 Å². The van der Waals surface area contributed by atoms with Crippen molar-refractivity contribution < 1.29 is 19.4 Å². The van der Waals surface area contributed by atoms with Crippen LogP contribution in [0.3, 0.4) is 0 Å². The average Bonchev–Trinajstić information content (AvgIpc) is 2.75. The van der Waals surface area contributed by atoms with Gasteiger partial charge in [0.15, 0.2) is 0 Å². The summed E-state index contributed by atoms with van der Waals surface area (Å²) in [6, 6.07) is 7.32. The molecule has 1 aromatic rings. The van der Waals surface area contributed by atoms with E-state index >= 15 is 0 Å². The molecule has 108 valence electrons. The summed E-state index contributed by atoms with van der Waals surface area (Å²) in [4.78, 5) is 25.0. The van der Waals surface area contributed by atoms with E-state index in [1.54, 1.807) is 18.9 Å². The highest BCUT2D eigenvalue weighted by Crippen LogP contribution is 2.36. The molecule has 1 amide bonds. The summed E-state index contributed by atoms with van der Waals surface area (Å²) in [7, 11) is 1.60. The molecule has 2 atom stereocenters. The lowest BCUT2D eigenvalue weighted by Gasteiger charge is -2.26. The van der Waals surface area contributed by atoms with Crippen molar-refractivity contribution in [1.29, 1.82) is 0 Å². The van der Waals surface area contributed by atoms with E-state index in [1.165, 1.54) is 0 Å². The Labute approximate surface area is 118 Å². The van der Waals surface area contributed by atoms with Crippen molar-refractivity contribution in [3.63, 3.8) is 0 Å². The molecule has 0 saturated carbocycles. The third kappa shape index (κ3) is 2.48. The minimum atomic E-state index is -0.988. The summed E-state index contributed by atoms with van der Waals surface area (Å²) >= 11 is 0. The number of amides is 1. The Hall–Kier alpha value is -2.04. The summed E-state index contributed by atoms with van der Waals surface area (Å²) in [5.41, 5.74) is -0.0218. The number of nitrogens with zero attached hydrogens (tertiary/aromatic N) is 1. The SMILES string of the molecule is COc1ccc(C(C)N2CC(C)(C(=O)O)CC2=O)cc1. The molecule has 0 aliphatic carbocycles. The number of carboxylic acid groups (broad SMARTS) is 1. The molecule has 2 rings (SSSR count). The van der Waals surface area contributed by atoms with E-state index in [9.17, 15) is 14.7 Å². The van der Waals surface area contributed by atoms with E-state index in [4.69, 9.17) is 4.74 Å². The predicted octanol–water partition coefficient (Wildman–Crippen LogP) is 2.08. The molecule has 1 aliphatic rings. The summed E-state index contributed by atoms with van der Waals surface area (Å²) in [6.07, 6.45) is 0.0584. The first-order valence-electron chi connectivity index (χ1n) is 6.54. The Kier molecular flexibility index (Phi) is 3.70. The molecule has 0 bridgehead atoms. The van der Waals surface area contributed by atoms with Crippen molar-refractivity contribution in [3.05, 3.63) is 29.8 Å². The molecule has 5 heteroatoms. The fourth-order valence-corrected chi connectivity index (χ4v) is 2.51. The highest BCUT2D eigenvalue weighted by atomic mass is 16.5. The van der Waals surface area contributed by atoms with Gasteiger partial charge in [0, 0.05) is 13.0 Å². The number of ether oxygens (including phenoxy) is 1. The maximum absolute atomic E-state index is 12.1. The van der Waals surface area contributed by atoms with Gasteiger partial charge in [0.1, 0.15) is 5.75 Å². The monoisotopic (exact) mass is 277 g/mol. The second kappa shape index (κ2) is 5.15. The van der Waals surface area contributed by atoms with E-state index < -0.39 is 11.4 Å². The molecular weight excluding hydrogens is 258 g/mol. The van der Waals surface area contributed by atoms with Crippen LogP contribution in [-0.4, -0.2) is 35.5 Å². The fraction of sp³-hybridized carbons (Fsp3) is 0.467. The van der Waals surface area contributed by atoms with Crippen LogP contribution in [0.25, 0.3) is 0 Å². The van der Waals surface area contributed by atoms with E-state index in [2.05, 4.69) is 0 Å². The highest BCUT2D eigenvalue weighted by Gasteiger charge is 2.46. The molecule has 1 fully saturated rings. The van der Waals surface area contributed by atoms with Gasteiger partial charge < -0.3 is 14.7 Å². The Morgan fingerprint density at radius 1 is 1.40 bits per heavy atom. The molecular formula is C15H19NO4. The van der Waals surface area contributed by atoms with E-state index in [0.717, 1.165) is 11.3 Å². The third-order valence-corrected chi connectivity index (χ3v) is 3.96. The minimum absolute atomic E-state index is 0.0584. The normalized spacial score (nSPS) is 23.8. The van der Waals surface area contributed by atoms with Crippen molar-refractivity contribution in [1.82, 2.24) is 4.90 Å². The van der Waals surface area contributed by atoms with E-state index in [-0.39, 0.29) is 24.9 Å². The van der Waals surface area contributed by atoms with Gasteiger partial charge in [-0.1, -0.05) is 12.1 Å². The lowest BCUT2D eigenvalue weighted by atomic mass is 9.90. The molecule has 0 radical (unpaired) electrons. The van der Waals surface area contributed by atoms with Gasteiger partial charge in [0.05, 0.1) is 18.6 Å². The van der Waals surface area contributed by atoms with Crippen molar-refractivity contribution in [2.45, 2.75) is 26.3 Å². The van der Waals surface area contributed by atoms with Gasteiger partial charge in [0.2, 0.25) is 5.91 Å². The van der Waals surface area contributed by atoms with Crippen molar-refractivity contribution in [2.24, 2.45) is 5.41 Å². The standard InChI is InChI=1S/C15H19NO4/c1-10(11-4-6-12(20-3)7-5-11)16-9-15(2,14(18)19)8-13(16)17/h4-7,10H,8-9H2,1-3H3,(H,18,19). The molecule has 1 heterocycles. The maximum atomic E-state index is 12.1. The first kappa shape index (κ1) is 14.4. The Morgan fingerprint density at radius 3 is 2.45 bits per heavy atom. The first-order chi connectivity index (χ1) is 9.37. The van der Waals surface area contributed by atoms with Gasteiger partial charge in [-0.2, -0.15) is 0 Å². The second-order valence-corrected chi connectivity index (χ2v) is 5.51. The van der Waals surface area contributed by atoms with Crippen LogP contribution in [-0.2, 0) is 9.59 Å².